The minimum atomic E-state index is -3.53. The molecule has 0 aliphatic carbocycles. The van der Waals surface area contributed by atoms with Crippen molar-refractivity contribution >= 4 is 26.5 Å². The van der Waals surface area contributed by atoms with Crippen molar-refractivity contribution in [1.82, 2.24) is 9.29 Å². The fourth-order valence-electron chi connectivity index (χ4n) is 3.69. The van der Waals surface area contributed by atoms with Gasteiger partial charge in [0.1, 0.15) is 0 Å². The van der Waals surface area contributed by atoms with Gasteiger partial charge in [-0.25, -0.2) is 8.42 Å². The predicted octanol–water partition coefficient (Wildman–Crippen LogP) is 3.36. The molecule has 6 heteroatoms. The van der Waals surface area contributed by atoms with Gasteiger partial charge in [-0.15, -0.1) is 0 Å². The standard InChI is InChI=1S/C21H23N3O2S/c1-16-6-7-17(2)20(14-16)23-10-12-24(13-11-23)27(25,26)21-5-3-4-18-15-22-9-8-19(18)21/h3-9,14-15H,10-13H2,1-2H3. The summed E-state index contributed by atoms with van der Waals surface area (Å²) in [5.74, 6) is 0. The van der Waals surface area contributed by atoms with Crippen LogP contribution in [0.2, 0.25) is 0 Å². The first-order chi connectivity index (χ1) is 13.0. The van der Waals surface area contributed by atoms with E-state index in [1.807, 2.05) is 6.07 Å². The van der Waals surface area contributed by atoms with Crippen LogP contribution in [0.3, 0.4) is 0 Å². The largest absolute Gasteiger partial charge is 0.369 e. The van der Waals surface area contributed by atoms with Crippen LogP contribution in [0.5, 0.6) is 0 Å². The molecule has 2 aromatic carbocycles. The van der Waals surface area contributed by atoms with Gasteiger partial charge >= 0.3 is 0 Å². The number of fused-ring (bicyclic) bond motifs is 1. The summed E-state index contributed by atoms with van der Waals surface area (Å²) in [4.78, 5) is 6.73. The zero-order chi connectivity index (χ0) is 19.0. The minimum absolute atomic E-state index is 0.364. The van der Waals surface area contributed by atoms with Crippen LogP contribution in [0.4, 0.5) is 5.69 Å². The Kier molecular flexibility index (Phi) is 4.61. The molecule has 2 heterocycles. The highest BCUT2D eigenvalue weighted by molar-refractivity contribution is 7.89. The fraction of sp³-hybridized carbons (Fsp3) is 0.286. The number of piperazine rings is 1. The molecular formula is C21H23N3O2S. The Bertz CT molecular complexity index is 1080. The molecule has 0 radical (unpaired) electrons. The van der Waals surface area contributed by atoms with Gasteiger partial charge in [0.05, 0.1) is 4.90 Å². The second kappa shape index (κ2) is 6.94. The van der Waals surface area contributed by atoms with Crippen LogP contribution >= 0.6 is 0 Å². The van der Waals surface area contributed by atoms with E-state index in [0.29, 0.717) is 31.1 Å². The number of benzene rings is 2. The number of pyridine rings is 1. The highest BCUT2D eigenvalue weighted by Gasteiger charge is 2.30. The molecule has 1 fully saturated rings. The Morgan fingerprint density at radius 3 is 2.52 bits per heavy atom. The lowest BCUT2D eigenvalue weighted by Gasteiger charge is -2.36. The smallest absolute Gasteiger partial charge is 0.243 e. The van der Waals surface area contributed by atoms with Crippen LogP contribution < -0.4 is 4.90 Å². The molecular weight excluding hydrogens is 358 g/mol. The normalized spacial score (nSPS) is 16.0. The maximum Gasteiger partial charge on any atom is 0.243 e. The van der Waals surface area contributed by atoms with Crippen LogP contribution in [-0.4, -0.2) is 43.9 Å². The van der Waals surface area contributed by atoms with Crippen molar-refractivity contribution in [1.29, 1.82) is 0 Å². The summed E-state index contributed by atoms with van der Waals surface area (Å²) in [6, 6.07) is 13.5. The molecule has 27 heavy (non-hydrogen) atoms. The first kappa shape index (κ1) is 17.9. The van der Waals surface area contributed by atoms with Crippen molar-refractivity contribution in [3.8, 4) is 0 Å². The second-order valence-electron chi connectivity index (χ2n) is 7.03. The van der Waals surface area contributed by atoms with E-state index in [4.69, 9.17) is 0 Å². The van der Waals surface area contributed by atoms with E-state index in [0.717, 1.165) is 10.8 Å². The molecule has 140 valence electrons. The van der Waals surface area contributed by atoms with E-state index in [1.54, 1.807) is 34.9 Å². The van der Waals surface area contributed by atoms with Crippen LogP contribution in [0.1, 0.15) is 11.1 Å². The maximum absolute atomic E-state index is 13.3. The average Bonchev–Trinajstić information content (AvgIpc) is 2.69. The quantitative estimate of drug-likeness (QED) is 0.698. The average molecular weight is 382 g/mol. The number of aromatic nitrogens is 1. The summed E-state index contributed by atoms with van der Waals surface area (Å²) in [5.41, 5.74) is 3.64. The second-order valence-corrected chi connectivity index (χ2v) is 8.94. The number of hydrogen-bond acceptors (Lipinski definition) is 4. The highest BCUT2D eigenvalue weighted by atomic mass is 32.2. The van der Waals surface area contributed by atoms with Crippen molar-refractivity contribution in [2.75, 3.05) is 31.1 Å². The number of rotatable bonds is 3. The Balaban J connectivity index is 1.59. The Hall–Kier alpha value is -2.44. The molecule has 0 unspecified atom stereocenters. The molecule has 0 saturated carbocycles. The maximum atomic E-state index is 13.3. The first-order valence-electron chi connectivity index (χ1n) is 9.12. The summed E-state index contributed by atoms with van der Waals surface area (Å²) in [6.45, 7) is 6.53. The summed E-state index contributed by atoms with van der Waals surface area (Å²) < 4.78 is 28.1. The molecule has 4 rings (SSSR count). The number of sulfonamides is 1. The number of anilines is 1. The Morgan fingerprint density at radius 2 is 1.74 bits per heavy atom. The third-order valence-electron chi connectivity index (χ3n) is 5.20. The zero-order valence-electron chi connectivity index (χ0n) is 15.6. The summed E-state index contributed by atoms with van der Waals surface area (Å²) in [7, 11) is -3.53. The molecule has 3 aromatic rings. The van der Waals surface area contributed by atoms with Crippen LogP contribution in [0, 0.1) is 13.8 Å². The van der Waals surface area contributed by atoms with Gasteiger partial charge in [-0.1, -0.05) is 24.3 Å². The minimum Gasteiger partial charge on any atom is -0.369 e. The third-order valence-corrected chi connectivity index (χ3v) is 7.16. The van der Waals surface area contributed by atoms with Crippen molar-refractivity contribution < 1.29 is 8.42 Å². The van der Waals surface area contributed by atoms with E-state index >= 15 is 0 Å². The van der Waals surface area contributed by atoms with Crippen molar-refractivity contribution in [3.63, 3.8) is 0 Å². The number of nitrogens with zero attached hydrogens (tertiary/aromatic N) is 3. The van der Waals surface area contributed by atoms with Crippen LogP contribution in [-0.2, 0) is 10.0 Å². The fourth-order valence-corrected chi connectivity index (χ4v) is 5.32. The van der Waals surface area contributed by atoms with Gasteiger partial charge in [0.15, 0.2) is 0 Å². The van der Waals surface area contributed by atoms with Crippen LogP contribution in [0.25, 0.3) is 10.8 Å². The van der Waals surface area contributed by atoms with E-state index in [9.17, 15) is 8.42 Å². The Morgan fingerprint density at radius 1 is 0.963 bits per heavy atom. The molecule has 1 saturated heterocycles. The lowest BCUT2D eigenvalue weighted by atomic mass is 10.1. The lowest BCUT2D eigenvalue weighted by molar-refractivity contribution is 0.385. The van der Waals surface area contributed by atoms with Crippen molar-refractivity contribution in [3.05, 3.63) is 66.0 Å². The molecule has 5 nitrogen and oxygen atoms in total. The van der Waals surface area contributed by atoms with E-state index in [-0.39, 0.29) is 0 Å². The van der Waals surface area contributed by atoms with Gasteiger partial charge in [0, 0.05) is 55.0 Å². The molecule has 0 N–H and O–H groups in total. The molecule has 0 spiro atoms. The van der Waals surface area contributed by atoms with Gasteiger partial charge in [0.2, 0.25) is 10.0 Å². The van der Waals surface area contributed by atoms with E-state index in [2.05, 4.69) is 41.9 Å². The monoisotopic (exact) mass is 381 g/mol. The van der Waals surface area contributed by atoms with E-state index in [1.165, 1.54) is 16.8 Å². The highest BCUT2D eigenvalue weighted by Crippen LogP contribution is 2.28. The molecule has 1 aromatic heterocycles. The summed E-state index contributed by atoms with van der Waals surface area (Å²) in [6.07, 6.45) is 3.34. The van der Waals surface area contributed by atoms with Gasteiger partial charge in [-0.2, -0.15) is 4.31 Å². The van der Waals surface area contributed by atoms with Crippen molar-refractivity contribution in [2.45, 2.75) is 18.7 Å². The molecule has 0 amide bonds. The van der Waals surface area contributed by atoms with Crippen LogP contribution in [0.15, 0.2) is 59.8 Å². The zero-order valence-corrected chi connectivity index (χ0v) is 16.4. The Labute approximate surface area is 160 Å². The SMILES string of the molecule is Cc1ccc(C)c(N2CCN(S(=O)(=O)c3cccc4cnccc34)CC2)c1. The number of hydrogen-bond donors (Lipinski definition) is 0. The summed E-state index contributed by atoms with van der Waals surface area (Å²) >= 11 is 0. The van der Waals surface area contributed by atoms with Gasteiger partial charge in [-0.3, -0.25) is 4.98 Å². The molecule has 1 aliphatic rings. The van der Waals surface area contributed by atoms with E-state index < -0.39 is 10.0 Å². The summed E-state index contributed by atoms with van der Waals surface area (Å²) in [5, 5.41) is 1.57. The number of aryl methyl sites for hydroxylation is 2. The third kappa shape index (κ3) is 3.31. The molecule has 1 aliphatic heterocycles. The first-order valence-corrected chi connectivity index (χ1v) is 10.6. The topological polar surface area (TPSA) is 53.5 Å². The predicted molar refractivity (Wildman–Crippen MR) is 109 cm³/mol. The molecule has 0 atom stereocenters. The van der Waals surface area contributed by atoms with Gasteiger partial charge in [0.25, 0.3) is 0 Å². The van der Waals surface area contributed by atoms with Gasteiger partial charge in [-0.05, 0) is 43.2 Å². The van der Waals surface area contributed by atoms with Gasteiger partial charge < -0.3 is 4.90 Å². The van der Waals surface area contributed by atoms with Crippen molar-refractivity contribution in [2.24, 2.45) is 0 Å². The lowest BCUT2D eigenvalue weighted by Crippen LogP contribution is -2.48. The molecule has 0 bridgehead atoms.